The van der Waals surface area contributed by atoms with E-state index in [-0.39, 0.29) is 17.8 Å². The maximum atomic E-state index is 12.7. The standard InChI is InChI=1S/C22H33NO4/c1-6-23(7-2)21(24)18-10-8-9-11-19(18)26-22(25)27-20-14-16(5)12-13-17(20)15(3)4/h8-11,15-17,20H,6-7,12-14H2,1-5H3. The summed E-state index contributed by atoms with van der Waals surface area (Å²) in [6, 6.07) is 6.85. The molecule has 1 fully saturated rings. The van der Waals surface area contributed by atoms with E-state index in [0.717, 1.165) is 12.8 Å². The second kappa shape index (κ2) is 9.77. The van der Waals surface area contributed by atoms with E-state index >= 15 is 0 Å². The van der Waals surface area contributed by atoms with Gasteiger partial charge in [-0.2, -0.15) is 0 Å². The molecule has 0 heterocycles. The fourth-order valence-electron chi connectivity index (χ4n) is 3.90. The summed E-state index contributed by atoms with van der Waals surface area (Å²) in [5, 5.41) is 0. The quantitative estimate of drug-likeness (QED) is 0.510. The Morgan fingerprint density at radius 2 is 1.81 bits per heavy atom. The van der Waals surface area contributed by atoms with Gasteiger partial charge in [-0.1, -0.05) is 39.3 Å². The molecule has 0 aliphatic heterocycles. The largest absolute Gasteiger partial charge is 0.514 e. The number of nitrogens with zero attached hydrogens (tertiary/aromatic N) is 1. The highest BCUT2D eigenvalue weighted by Crippen LogP contribution is 2.35. The Bertz CT molecular complexity index is 639. The summed E-state index contributed by atoms with van der Waals surface area (Å²) >= 11 is 0. The molecule has 0 saturated heterocycles. The molecule has 1 aliphatic rings. The Kier molecular flexibility index (Phi) is 7.69. The van der Waals surface area contributed by atoms with Crippen LogP contribution < -0.4 is 4.74 Å². The van der Waals surface area contributed by atoms with Crippen LogP contribution in [0.1, 0.15) is 64.2 Å². The van der Waals surface area contributed by atoms with Crippen molar-refractivity contribution in [3.63, 3.8) is 0 Å². The molecule has 150 valence electrons. The van der Waals surface area contributed by atoms with Gasteiger partial charge in [-0.05, 0) is 56.6 Å². The summed E-state index contributed by atoms with van der Waals surface area (Å²) in [6.45, 7) is 11.6. The number of carbonyl (C=O) groups excluding carboxylic acids is 2. The summed E-state index contributed by atoms with van der Waals surface area (Å²) in [7, 11) is 0. The van der Waals surface area contributed by atoms with Gasteiger partial charge in [0.1, 0.15) is 11.9 Å². The van der Waals surface area contributed by atoms with Gasteiger partial charge >= 0.3 is 6.16 Å². The van der Waals surface area contributed by atoms with Gasteiger partial charge in [0.25, 0.3) is 5.91 Å². The molecule has 27 heavy (non-hydrogen) atoms. The van der Waals surface area contributed by atoms with Crippen LogP contribution in [-0.2, 0) is 4.74 Å². The summed E-state index contributed by atoms with van der Waals surface area (Å²) in [5.74, 6) is 1.45. The third kappa shape index (κ3) is 5.47. The van der Waals surface area contributed by atoms with E-state index < -0.39 is 6.16 Å². The Morgan fingerprint density at radius 3 is 2.44 bits per heavy atom. The zero-order valence-electron chi connectivity index (χ0n) is 17.2. The minimum Gasteiger partial charge on any atom is -0.430 e. The molecule has 0 radical (unpaired) electrons. The van der Waals surface area contributed by atoms with Crippen molar-refractivity contribution in [3.8, 4) is 5.75 Å². The SMILES string of the molecule is CCN(CC)C(=O)c1ccccc1OC(=O)OC1CC(C)CCC1C(C)C. The van der Waals surface area contributed by atoms with Crippen molar-refractivity contribution in [1.29, 1.82) is 0 Å². The van der Waals surface area contributed by atoms with Crippen molar-refractivity contribution in [1.82, 2.24) is 4.90 Å². The van der Waals surface area contributed by atoms with Crippen LogP contribution in [-0.4, -0.2) is 36.2 Å². The molecule has 0 aromatic heterocycles. The lowest BCUT2D eigenvalue weighted by Crippen LogP contribution is -2.36. The van der Waals surface area contributed by atoms with E-state index in [2.05, 4.69) is 20.8 Å². The fourth-order valence-corrected chi connectivity index (χ4v) is 3.90. The Labute approximate surface area is 163 Å². The van der Waals surface area contributed by atoms with Gasteiger partial charge in [-0.25, -0.2) is 4.79 Å². The van der Waals surface area contributed by atoms with E-state index in [0.29, 0.717) is 36.4 Å². The van der Waals surface area contributed by atoms with Gasteiger partial charge in [0.2, 0.25) is 0 Å². The van der Waals surface area contributed by atoms with E-state index in [1.807, 2.05) is 13.8 Å². The van der Waals surface area contributed by atoms with Crippen LogP contribution in [0.15, 0.2) is 24.3 Å². The fraction of sp³-hybridized carbons (Fsp3) is 0.636. The first kappa shape index (κ1) is 21.3. The van der Waals surface area contributed by atoms with Crippen molar-refractivity contribution in [3.05, 3.63) is 29.8 Å². The molecule has 0 spiro atoms. The van der Waals surface area contributed by atoms with Gasteiger partial charge in [0.05, 0.1) is 5.56 Å². The Morgan fingerprint density at radius 1 is 1.15 bits per heavy atom. The molecule has 5 nitrogen and oxygen atoms in total. The van der Waals surface area contributed by atoms with Gasteiger partial charge in [0, 0.05) is 13.1 Å². The number of benzene rings is 1. The van der Waals surface area contributed by atoms with Crippen LogP contribution in [0.3, 0.4) is 0 Å². The highest BCUT2D eigenvalue weighted by atomic mass is 16.7. The van der Waals surface area contributed by atoms with Crippen molar-refractivity contribution in [2.24, 2.45) is 17.8 Å². The monoisotopic (exact) mass is 375 g/mol. The minimum absolute atomic E-state index is 0.133. The van der Waals surface area contributed by atoms with E-state index in [9.17, 15) is 9.59 Å². The van der Waals surface area contributed by atoms with Crippen LogP contribution in [0, 0.1) is 17.8 Å². The molecular weight excluding hydrogens is 342 g/mol. The molecule has 1 saturated carbocycles. The molecule has 3 atom stereocenters. The first-order valence-corrected chi connectivity index (χ1v) is 10.1. The maximum Gasteiger partial charge on any atom is 0.514 e. The smallest absolute Gasteiger partial charge is 0.430 e. The van der Waals surface area contributed by atoms with E-state index in [1.54, 1.807) is 29.2 Å². The number of hydrogen-bond donors (Lipinski definition) is 0. The van der Waals surface area contributed by atoms with Gasteiger partial charge in [-0.15, -0.1) is 0 Å². The normalized spacial score (nSPS) is 22.4. The maximum absolute atomic E-state index is 12.7. The van der Waals surface area contributed by atoms with Crippen molar-refractivity contribution in [2.75, 3.05) is 13.1 Å². The molecule has 5 heteroatoms. The van der Waals surface area contributed by atoms with Crippen molar-refractivity contribution < 1.29 is 19.1 Å². The molecule has 1 aromatic carbocycles. The molecular formula is C22H33NO4. The van der Waals surface area contributed by atoms with E-state index in [1.165, 1.54) is 6.42 Å². The molecule has 1 aromatic rings. The summed E-state index contributed by atoms with van der Waals surface area (Å²) in [6.07, 6.45) is 2.23. The highest BCUT2D eigenvalue weighted by Gasteiger charge is 2.34. The zero-order chi connectivity index (χ0) is 20.0. The summed E-state index contributed by atoms with van der Waals surface area (Å²) in [5.41, 5.74) is 0.385. The predicted molar refractivity (Wildman–Crippen MR) is 106 cm³/mol. The van der Waals surface area contributed by atoms with Crippen LogP contribution in [0.5, 0.6) is 5.75 Å². The lowest BCUT2D eigenvalue weighted by Gasteiger charge is -2.36. The van der Waals surface area contributed by atoms with Crippen LogP contribution >= 0.6 is 0 Å². The second-order valence-corrected chi connectivity index (χ2v) is 7.81. The molecule has 1 aliphatic carbocycles. The predicted octanol–water partition coefficient (Wildman–Crippen LogP) is 5.14. The van der Waals surface area contributed by atoms with Crippen LogP contribution in [0.2, 0.25) is 0 Å². The van der Waals surface area contributed by atoms with Gasteiger partial charge in [0.15, 0.2) is 0 Å². The van der Waals surface area contributed by atoms with Gasteiger partial charge in [-0.3, -0.25) is 4.79 Å². The first-order valence-electron chi connectivity index (χ1n) is 10.1. The highest BCUT2D eigenvalue weighted by molar-refractivity contribution is 5.97. The third-order valence-electron chi connectivity index (χ3n) is 5.57. The number of amides is 1. The second-order valence-electron chi connectivity index (χ2n) is 7.81. The number of rotatable bonds is 6. The lowest BCUT2D eigenvalue weighted by molar-refractivity contribution is -0.0137. The number of carbonyl (C=O) groups is 2. The minimum atomic E-state index is -0.723. The Hall–Kier alpha value is -2.04. The van der Waals surface area contributed by atoms with Crippen molar-refractivity contribution >= 4 is 12.1 Å². The summed E-state index contributed by atoms with van der Waals surface area (Å²) in [4.78, 5) is 26.8. The summed E-state index contributed by atoms with van der Waals surface area (Å²) < 4.78 is 11.2. The molecule has 1 amide bonds. The molecule has 3 unspecified atom stereocenters. The average molecular weight is 376 g/mol. The average Bonchev–Trinajstić information content (AvgIpc) is 2.62. The first-order chi connectivity index (χ1) is 12.9. The van der Waals surface area contributed by atoms with Crippen LogP contribution in [0.25, 0.3) is 0 Å². The topological polar surface area (TPSA) is 55.8 Å². The molecule has 0 bridgehead atoms. The van der Waals surface area contributed by atoms with E-state index in [4.69, 9.17) is 9.47 Å². The number of ether oxygens (including phenoxy) is 2. The molecule has 0 N–H and O–H groups in total. The third-order valence-corrected chi connectivity index (χ3v) is 5.57. The van der Waals surface area contributed by atoms with Crippen LogP contribution in [0.4, 0.5) is 4.79 Å². The lowest BCUT2D eigenvalue weighted by atomic mass is 9.75. The Balaban J connectivity index is 2.10. The number of hydrogen-bond acceptors (Lipinski definition) is 4. The van der Waals surface area contributed by atoms with Crippen molar-refractivity contribution in [2.45, 2.75) is 60.0 Å². The van der Waals surface area contributed by atoms with Gasteiger partial charge < -0.3 is 14.4 Å². The number of para-hydroxylation sites is 1. The molecule has 2 rings (SSSR count). The zero-order valence-corrected chi connectivity index (χ0v) is 17.2.